The van der Waals surface area contributed by atoms with E-state index in [0.717, 1.165) is 5.56 Å². The number of nitrogens with one attached hydrogen (secondary N) is 1. The molecule has 0 fully saturated rings. The number of hydrogen-bond acceptors (Lipinski definition) is 2. The maximum Gasteiger partial charge on any atom is 0.128 e. The molecule has 0 radical (unpaired) electrons. The van der Waals surface area contributed by atoms with Crippen molar-refractivity contribution in [2.24, 2.45) is 0 Å². The van der Waals surface area contributed by atoms with E-state index >= 15 is 0 Å². The van der Waals surface area contributed by atoms with Crippen LogP contribution in [0.3, 0.4) is 0 Å². The first-order valence-corrected chi connectivity index (χ1v) is 5.49. The molecule has 0 bridgehead atoms. The Bertz CT molecular complexity index is 494. The van der Waals surface area contributed by atoms with E-state index in [2.05, 4.69) is 5.32 Å². The molecule has 2 aromatic carbocycles. The summed E-state index contributed by atoms with van der Waals surface area (Å²) in [6, 6.07) is 14.1. The second-order valence-electron chi connectivity index (χ2n) is 3.91. The molecule has 1 atom stereocenters. The smallest absolute Gasteiger partial charge is 0.128 e. The van der Waals surface area contributed by atoms with Crippen LogP contribution in [0.5, 0.6) is 0 Å². The molecule has 0 aromatic heterocycles. The van der Waals surface area contributed by atoms with Crippen LogP contribution in [0.1, 0.15) is 17.2 Å². The van der Waals surface area contributed by atoms with Gasteiger partial charge in [0.05, 0.1) is 6.04 Å². The fourth-order valence-electron chi connectivity index (χ4n) is 1.90. The Morgan fingerprint density at radius 2 is 1.71 bits per heavy atom. The van der Waals surface area contributed by atoms with Crippen LogP contribution in [-0.4, -0.2) is 7.05 Å². The lowest BCUT2D eigenvalue weighted by Gasteiger charge is -2.18. The summed E-state index contributed by atoms with van der Waals surface area (Å²) in [6.07, 6.45) is 0. The number of benzene rings is 2. The van der Waals surface area contributed by atoms with E-state index in [1.54, 1.807) is 12.1 Å². The van der Waals surface area contributed by atoms with Gasteiger partial charge in [0.15, 0.2) is 0 Å². The molecule has 0 aliphatic heterocycles. The van der Waals surface area contributed by atoms with Gasteiger partial charge < -0.3 is 11.1 Å². The summed E-state index contributed by atoms with van der Waals surface area (Å²) in [5, 5.41) is 3.11. The van der Waals surface area contributed by atoms with Crippen molar-refractivity contribution in [2.75, 3.05) is 12.8 Å². The van der Waals surface area contributed by atoms with Crippen LogP contribution >= 0.6 is 0 Å². The number of rotatable bonds is 3. The van der Waals surface area contributed by atoms with Gasteiger partial charge in [-0.1, -0.05) is 30.3 Å². The van der Waals surface area contributed by atoms with Gasteiger partial charge in [0.1, 0.15) is 5.82 Å². The minimum Gasteiger partial charge on any atom is -0.399 e. The zero-order valence-electron chi connectivity index (χ0n) is 9.65. The topological polar surface area (TPSA) is 38.0 Å². The predicted octanol–water partition coefficient (Wildman–Crippen LogP) is 2.72. The van der Waals surface area contributed by atoms with E-state index < -0.39 is 0 Å². The summed E-state index contributed by atoms with van der Waals surface area (Å²) < 4.78 is 13.7. The molecule has 0 heterocycles. The first-order valence-electron chi connectivity index (χ1n) is 5.49. The minimum atomic E-state index is -0.205. The van der Waals surface area contributed by atoms with Crippen LogP contribution in [0.2, 0.25) is 0 Å². The Kier molecular flexibility index (Phi) is 3.40. The molecule has 88 valence electrons. The van der Waals surface area contributed by atoms with Gasteiger partial charge in [-0.05, 0) is 30.8 Å². The SMILES string of the molecule is CNC(c1ccc(N)cc1)c1ccccc1F. The molecular weight excluding hydrogens is 215 g/mol. The third kappa shape index (κ3) is 2.45. The zero-order chi connectivity index (χ0) is 12.3. The molecule has 0 amide bonds. The highest BCUT2D eigenvalue weighted by Crippen LogP contribution is 2.24. The maximum atomic E-state index is 13.7. The lowest BCUT2D eigenvalue weighted by Crippen LogP contribution is -2.18. The van der Waals surface area contributed by atoms with Gasteiger partial charge in [0.25, 0.3) is 0 Å². The van der Waals surface area contributed by atoms with Crippen LogP contribution in [0.25, 0.3) is 0 Å². The Balaban J connectivity index is 2.40. The number of hydrogen-bond donors (Lipinski definition) is 2. The summed E-state index contributed by atoms with van der Waals surface area (Å²) in [7, 11) is 1.81. The van der Waals surface area contributed by atoms with Crippen molar-refractivity contribution in [1.82, 2.24) is 5.32 Å². The van der Waals surface area contributed by atoms with E-state index in [-0.39, 0.29) is 11.9 Å². The molecule has 0 aliphatic carbocycles. The van der Waals surface area contributed by atoms with Crippen molar-refractivity contribution in [2.45, 2.75) is 6.04 Å². The van der Waals surface area contributed by atoms with Crippen molar-refractivity contribution in [3.05, 3.63) is 65.5 Å². The van der Waals surface area contributed by atoms with Crippen LogP contribution in [-0.2, 0) is 0 Å². The van der Waals surface area contributed by atoms with Crippen molar-refractivity contribution < 1.29 is 4.39 Å². The third-order valence-corrected chi connectivity index (χ3v) is 2.77. The Hall–Kier alpha value is -1.87. The first-order chi connectivity index (χ1) is 8.22. The molecule has 2 nitrogen and oxygen atoms in total. The zero-order valence-corrected chi connectivity index (χ0v) is 9.65. The fourth-order valence-corrected chi connectivity index (χ4v) is 1.90. The number of nitrogen functional groups attached to an aromatic ring is 1. The molecule has 2 rings (SSSR count). The highest BCUT2D eigenvalue weighted by atomic mass is 19.1. The molecule has 0 aliphatic rings. The lowest BCUT2D eigenvalue weighted by molar-refractivity contribution is 0.576. The third-order valence-electron chi connectivity index (χ3n) is 2.77. The van der Waals surface area contributed by atoms with Gasteiger partial charge in [0.2, 0.25) is 0 Å². The fraction of sp³-hybridized carbons (Fsp3) is 0.143. The first kappa shape index (κ1) is 11.6. The average molecular weight is 230 g/mol. The summed E-state index contributed by atoms with van der Waals surface area (Å²) in [5.41, 5.74) is 7.98. The molecule has 0 saturated carbocycles. The van der Waals surface area contributed by atoms with E-state index in [4.69, 9.17) is 5.73 Å². The summed E-state index contributed by atoms with van der Waals surface area (Å²) in [4.78, 5) is 0. The highest BCUT2D eigenvalue weighted by Gasteiger charge is 2.15. The molecule has 0 saturated heterocycles. The lowest BCUT2D eigenvalue weighted by atomic mass is 9.98. The predicted molar refractivity (Wildman–Crippen MR) is 68.2 cm³/mol. The van der Waals surface area contributed by atoms with Gasteiger partial charge in [-0.3, -0.25) is 0 Å². The second kappa shape index (κ2) is 4.97. The Labute approximate surface area is 100 Å². The van der Waals surface area contributed by atoms with E-state index in [1.165, 1.54) is 6.07 Å². The van der Waals surface area contributed by atoms with E-state index in [1.807, 2.05) is 37.4 Å². The highest BCUT2D eigenvalue weighted by molar-refractivity contribution is 5.42. The minimum absolute atomic E-state index is 0.156. The van der Waals surface area contributed by atoms with Crippen LogP contribution in [0.4, 0.5) is 10.1 Å². The Morgan fingerprint density at radius 1 is 1.06 bits per heavy atom. The van der Waals surface area contributed by atoms with E-state index in [9.17, 15) is 4.39 Å². The summed E-state index contributed by atoms with van der Waals surface area (Å²) in [6.45, 7) is 0. The number of anilines is 1. The quantitative estimate of drug-likeness (QED) is 0.796. The van der Waals surface area contributed by atoms with Crippen LogP contribution < -0.4 is 11.1 Å². The van der Waals surface area contributed by atoms with Crippen molar-refractivity contribution in [3.8, 4) is 0 Å². The molecule has 2 aromatic rings. The second-order valence-corrected chi connectivity index (χ2v) is 3.91. The molecule has 1 unspecified atom stereocenters. The van der Waals surface area contributed by atoms with Gasteiger partial charge in [0, 0.05) is 11.3 Å². The molecule has 3 heteroatoms. The maximum absolute atomic E-state index is 13.7. The standard InChI is InChI=1S/C14H15FN2/c1-17-14(10-6-8-11(16)9-7-10)12-4-2-3-5-13(12)15/h2-9,14,17H,16H2,1H3. The van der Waals surface area contributed by atoms with Crippen molar-refractivity contribution in [1.29, 1.82) is 0 Å². The van der Waals surface area contributed by atoms with Gasteiger partial charge in [-0.25, -0.2) is 4.39 Å². The largest absolute Gasteiger partial charge is 0.399 e. The van der Waals surface area contributed by atoms with Crippen LogP contribution in [0.15, 0.2) is 48.5 Å². The summed E-state index contributed by atoms with van der Waals surface area (Å²) in [5.74, 6) is -0.205. The monoisotopic (exact) mass is 230 g/mol. The molecular formula is C14H15FN2. The normalized spacial score (nSPS) is 12.4. The number of nitrogens with two attached hydrogens (primary N) is 1. The average Bonchev–Trinajstić information content (AvgIpc) is 2.35. The van der Waals surface area contributed by atoms with Crippen LogP contribution in [0, 0.1) is 5.82 Å². The van der Waals surface area contributed by atoms with E-state index in [0.29, 0.717) is 11.3 Å². The van der Waals surface area contributed by atoms with Gasteiger partial charge >= 0.3 is 0 Å². The van der Waals surface area contributed by atoms with Crippen molar-refractivity contribution in [3.63, 3.8) is 0 Å². The van der Waals surface area contributed by atoms with Gasteiger partial charge in [-0.15, -0.1) is 0 Å². The molecule has 3 N–H and O–H groups in total. The Morgan fingerprint density at radius 3 is 2.29 bits per heavy atom. The summed E-state index contributed by atoms with van der Waals surface area (Å²) >= 11 is 0. The molecule has 17 heavy (non-hydrogen) atoms. The van der Waals surface area contributed by atoms with Gasteiger partial charge in [-0.2, -0.15) is 0 Å². The molecule has 0 spiro atoms. The van der Waals surface area contributed by atoms with Crippen molar-refractivity contribution >= 4 is 5.69 Å². The number of halogens is 1.